The predicted octanol–water partition coefficient (Wildman–Crippen LogP) is 7.90. The molecule has 0 aliphatic heterocycles. The average molecular weight is 448 g/mol. The predicted molar refractivity (Wildman–Crippen MR) is 124 cm³/mol. The summed E-state index contributed by atoms with van der Waals surface area (Å²) in [5, 5.41) is 0. The maximum atomic E-state index is 12.9. The van der Waals surface area contributed by atoms with Gasteiger partial charge in [0.05, 0.1) is 5.56 Å². The van der Waals surface area contributed by atoms with Crippen molar-refractivity contribution in [1.82, 2.24) is 4.90 Å². The molecule has 0 saturated carbocycles. The van der Waals surface area contributed by atoms with Gasteiger partial charge < -0.3 is 4.90 Å². The zero-order valence-electron chi connectivity index (χ0n) is 17.3. The zero-order chi connectivity index (χ0) is 22.1. The molecule has 0 unspecified atom stereocenters. The third kappa shape index (κ3) is 4.76. The van der Waals surface area contributed by atoms with Crippen LogP contribution in [0.3, 0.4) is 0 Å². The fraction of sp³-hybridized carbons (Fsp3) is 0.292. The minimum atomic E-state index is -4.34. The van der Waals surface area contributed by atoms with Crippen LogP contribution < -0.4 is 0 Å². The van der Waals surface area contributed by atoms with Crippen LogP contribution in [-0.2, 0) is 6.18 Å². The number of alkyl halides is 3. The van der Waals surface area contributed by atoms with E-state index in [1.807, 2.05) is 36.4 Å². The van der Waals surface area contributed by atoms with Gasteiger partial charge in [-0.1, -0.05) is 54.7 Å². The van der Waals surface area contributed by atoms with Crippen LogP contribution in [0.15, 0.2) is 60.7 Å². The molecule has 1 nitrogen and oxygen atoms in total. The second-order valence-corrected chi connectivity index (χ2v) is 9.13. The Labute approximate surface area is 185 Å². The van der Waals surface area contributed by atoms with Crippen molar-refractivity contribution in [2.75, 3.05) is 0 Å². The van der Waals surface area contributed by atoms with Crippen LogP contribution in [0.5, 0.6) is 0 Å². The van der Waals surface area contributed by atoms with E-state index in [-0.39, 0.29) is 12.1 Å². The van der Waals surface area contributed by atoms with E-state index >= 15 is 0 Å². The summed E-state index contributed by atoms with van der Waals surface area (Å²) in [5.41, 5.74) is 2.09. The molecule has 158 valence electrons. The van der Waals surface area contributed by atoms with Crippen molar-refractivity contribution in [3.05, 3.63) is 71.8 Å². The van der Waals surface area contributed by atoms with E-state index in [1.165, 1.54) is 12.1 Å². The highest BCUT2D eigenvalue weighted by Crippen LogP contribution is 2.40. The van der Waals surface area contributed by atoms with Crippen LogP contribution in [0.25, 0.3) is 20.9 Å². The zero-order valence-corrected chi connectivity index (χ0v) is 19.0. The number of thiophene rings is 1. The van der Waals surface area contributed by atoms with E-state index in [2.05, 4.69) is 32.6 Å². The van der Waals surface area contributed by atoms with E-state index in [1.54, 1.807) is 11.3 Å². The van der Waals surface area contributed by atoms with Gasteiger partial charge in [-0.3, -0.25) is 0 Å². The standard InChI is InChI=1S/C24H24F3NS2/c1-15(2)28(16(3)4)23(29)20-14-21(30-22(20)18-8-6-5-7-9-18)17-10-12-19(13-11-17)24(25,26)27/h5-16H,1-4H3. The SMILES string of the molecule is CC(C)N(C(=S)c1cc(-c2ccc(C(F)(F)F)cc2)sc1-c1ccccc1)C(C)C. The van der Waals surface area contributed by atoms with Crippen LogP contribution in [0.4, 0.5) is 13.2 Å². The van der Waals surface area contributed by atoms with Gasteiger partial charge in [-0.25, -0.2) is 0 Å². The van der Waals surface area contributed by atoms with Gasteiger partial charge in [-0.05, 0) is 57.0 Å². The van der Waals surface area contributed by atoms with Crippen LogP contribution in [-0.4, -0.2) is 22.0 Å². The van der Waals surface area contributed by atoms with E-state index in [9.17, 15) is 13.2 Å². The first-order valence-electron chi connectivity index (χ1n) is 9.79. The Bertz CT molecular complexity index is 995. The van der Waals surface area contributed by atoms with Crippen molar-refractivity contribution in [1.29, 1.82) is 0 Å². The van der Waals surface area contributed by atoms with Gasteiger partial charge in [0, 0.05) is 27.4 Å². The normalized spacial score (nSPS) is 11.9. The third-order valence-electron chi connectivity index (χ3n) is 4.84. The molecule has 2 aromatic carbocycles. The Morgan fingerprint density at radius 2 is 1.43 bits per heavy atom. The highest BCUT2D eigenvalue weighted by atomic mass is 32.1. The van der Waals surface area contributed by atoms with Crippen molar-refractivity contribution in [2.24, 2.45) is 0 Å². The fourth-order valence-electron chi connectivity index (χ4n) is 3.52. The Balaban J connectivity index is 2.10. The maximum absolute atomic E-state index is 12.9. The summed E-state index contributed by atoms with van der Waals surface area (Å²) in [7, 11) is 0. The smallest absolute Gasteiger partial charge is 0.357 e. The minimum absolute atomic E-state index is 0.232. The van der Waals surface area contributed by atoms with Gasteiger partial charge in [0.25, 0.3) is 0 Å². The molecule has 0 fully saturated rings. The van der Waals surface area contributed by atoms with Gasteiger partial charge in [0.2, 0.25) is 0 Å². The van der Waals surface area contributed by atoms with E-state index in [4.69, 9.17) is 12.2 Å². The van der Waals surface area contributed by atoms with Crippen molar-refractivity contribution in [2.45, 2.75) is 46.0 Å². The molecule has 1 aromatic heterocycles. The van der Waals surface area contributed by atoms with Crippen molar-refractivity contribution in [3.8, 4) is 20.9 Å². The number of hydrogen-bond donors (Lipinski definition) is 0. The second kappa shape index (κ2) is 8.90. The molecule has 0 aliphatic rings. The first-order valence-corrected chi connectivity index (χ1v) is 11.0. The van der Waals surface area contributed by atoms with Crippen LogP contribution in [0.2, 0.25) is 0 Å². The van der Waals surface area contributed by atoms with Crippen molar-refractivity contribution >= 4 is 28.5 Å². The van der Waals surface area contributed by atoms with Gasteiger partial charge in [-0.2, -0.15) is 13.2 Å². The lowest BCUT2D eigenvalue weighted by Crippen LogP contribution is -2.41. The maximum Gasteiger partial charge on any atom is 0.416 e. The lowest BCUT2D eigenvalue weighted by molar-refractivity contribution is -0.137. The largest absolute Gasteiger partial charge is 0.416 e. The monoisotopic (exact) mass is 447 g/mol. The first-order chi connectivity index (χ1) is 14.1. The quantitative estimate of drug-likeness (QED) is 0.366. The number of thiocarbonyl (C=S) groups is 1. The summed E-state index contributed by atoms with van der Waals surface area (Å²) in [6.45, 7) is 8.44. The fourth-order valence-corrected chi connectivity index (χ4v) is 5.34. The molecule has 3 rings (SSSR count). The minimum Gasteiger partial charge on any atom is -0.357 e. The molecule has 0 N–H and O–H groups in total. The topological polar surface area (TPSA) is 3.24 Å². The molecule has 6 heteroatoms. The molecule has 0 atom stereocenters. The summed E-state index contributed by atoms with van der Waals surface area (Å²) >= 11 is 7.45. The molecule has 30 heavy (non-hydrogen) atoms. The first kappa shape index (κ1) is 22.5. The van der Waals surface area contributed by atoms with Crippen molar-refractivity contribution < 1.29 is 13.2 Å². The van der Waals surface area contributed by atoms with Gasteiger partial charge in [-0.15, -0.1) is 11.3 Å². The molecule has 3 aromatic rings. The third-order valence-corrected chi connectivity index (χ3v) is 6.51. The average Bonchev–Trinajstić information content (AvgIpc) is 3.13. The molecule has 0 radical (unpaired) electrons. The summed E-state index contributed by atoms with van der Waals surface area (Å²) in [6.07, 6.45) is -4.34. The number of halogens is 3. The summed E-state index contributed by atoms with van der Waals surface area (Å²) < 4.78 is 38.8. The van der Waals surface area contributed by atoms with E-state index in [0.717, 1.165) is 43.6 Å². The molecular formula is C24H24F3NS2. The highest BCUT2D eigenvalue weighted by Gasteiger charge is 2.30. The Morgan fingerprint density at radius 3 is 1.93 bits per heavy atom. The van der Waals surface area contributed by atoms with Crippen molar-refractivity contribution in [3.63, 3.8) is 0 Å². The van der Waals surface area contributed by atoms with E-state index in [0.29, 0.717) is 0 Å². The molecule has 0 amide bonds. The van der Waals surface area contributed by atoms with Gasteiger partial charge >= 0.3 is 6.18 Å². The lowest BCUT2D eigenvalue weighted by Gasteiger charge is -2.33. The Kier molecular flexibility index (Phi) is 6.68. The Hall–Kier alpha value is -2.18. The molecule has 0 saturated heterocycles. The lowest BCUT2D eigenvalue weighted by atomic mass is 10.1. The summed E-state index contributed by atoms with van der Waals surface area (Å²) in [6, 6.07) is 17.8. The summed E-state index contributed by atoms with van der Waals surface area (Å²) in [4.78, 5) is 4.88. The van der Waals surface area contributed by atoms with Gasteiger partial charge in [0.1, 0.15) is 4.99 Å². The van der Waals surface area contributed by atoms with Crippen LogP contribution >= 0.6 is 23.6 Å². The molecular weight excluding hydrogens is 423 g/mol. The van der Waals surface area contributed by atoms with Crippen LogP contribution in [0.1, 0.15) is 38.8 Å². The molecule has 0 spiro atoms. The summed E-state index contributed by atoms with van der Waals surface area (Å²) in [5.74, 6) is 0. The number of nitrogens with zero attached hydrogens (tertiary/aromatic N) is 1. The number of rotatable bonds is 5. The van der Waals surface area contributed by atoms with Gasteiger partial charge in [0.15, 0.2) is 0 Å². The molecule has 0 bridgehead atoms. The number of benzene rings is 2. The highest BCUT2D eigenvalue weighted by molar-refractivity contribution is 7.80. The Morgan fingerprint density at radius 1 is 0.867 bits per heavy atom. The second-order valence-electron chi connectivity index (χ2n) is 7.69. The molecule has 1 heterocycles. The van der Waals surface area contributed by atoms with Crippen LogP contribution in [0, 0.1) is 0 Å². The van der Waals surface area contributed by atoms with E-state index < -0.39 is 11.7 Å². The molecule has 0 aliphatic carbocycles. The number of hydrogen-bond acceptors (Lipinski definition) is 2.